The van der Waals surface area contributed by atoms with Crippen molar-refractivity contribution in [1.82, 2.24) is 0 Å². The molecule has 0 saturated heterocycles. The standard InChI is InChI=1S/C7HCl15/c8-1(9)2(10,11)4(13,14)5(15,16)3(12,6(17,18)19)7(20,21)22/h1H. The van der Waals surface area contributed by atoms with Gasteiger partial charge in [-0.2, -0.15) is 0 Å². The summed E-state index contributed by atoms with van der Waals surface area (Å²) < 4.78 is -13.1. The monoisotopic (exact) mass is 610 g/mol. The second kappa shape index (κ2) is 8.00. The minimum atomic E-state index is -2.80. The fourth-order valence-electron chi connectivity index (χ4n) is 1.08. The van der Waals surface area contributed by atoms with E-state index in [2.05, 4.69) is 0 Å². The van der Waals surface area contributed by atoms with Crippen LogP contribution in [0.5, 0.6) is 0 Å². The maximum Gasteiger partial charge on any atom is 0.216 e. The molecule has 0 rings (SSSR count). The first-order valence-corrected chi connectivity index (χ1v) is 10.2. The van der Waals surface area contributed by atoms with Gasteiger partial charge in [0.1, 0.15) is 4.84 Å². The first-order valence-electron chi connectivity index (χ1n) is 4.43. The van der Waals surface area contributed by atoms with Crippen LogP contribution in [0, 0.1) is 0 Å². The molecular weight excluding hydrogens is 616 g/mol. The van der Waals surface area contributed by atoms with Gasteiger partial charge in [-0.1, -0.05) is 139 Å². The van der Waals surface area contributed by atoms with Gasteiger partial charge in [0, 0.05) is 0 Å². The summed E-state index contributed by atoms with van der Waals surface area (Å²) >= 11 is 88.0. The smallest absolute Gasteiger partial charge is 0.106 e. The van der Waals surface area contributed by atoms with Crippen LogP contribution in [0.2, 0.25) is 0 Å². The summed E-state index contributed by atoms with van der Waals surface area (Å²) in [6, 6.07) is 0. The van der Waals surface area contributed by atoms with E-state index >= 15 is 0 Å². The third kappa shape index (κ3) is 4.33. The molecule has 0 aliphatic heterocycles. The fourth-order valence-corrected chi connectivity index (χ4v) is 6.43. The Balaban J connectivity index is 6.52. The van der Waals surface area contributed by atoms with Gasteiger partial charge >= 0.3 is 0 Å². The van der Waals surface area contributed by atoms with Gasteiger partial charge in [0.05, 0.1) is 0 Å². The maximum atomic E-state index is 6.15. The van der Waals surface area contributed by atoms with E-state index in [1.54, 1.807) is 0 Å². The third-order valence-electron chi connectivity index (χ3n) is 2.30. The van der Waals surface area contributed by atoms with Crippen molar-refractivity contribution in [3.63, 3.8) is 0 Å². The predicted molar refractivity (Wildman–Crippen MR) is 108 cm³/mol. The summed E-state index contributed by atoms with van der Waals surface area (Å²) in [5.41, 5.74) is 0. The van der Waals surface area contributed by atoms with Crippen molar-refractivity contribution in [3.8, 4) is 0 Å². The highest BCUT2D eigenvalue weighted by Crippen LogP contribution is 2.70. The van der Waals surface area contributed by atoms with Gasteiger partial charge in [-0.15, -0.1) is 34.8 Å². The lowest BCUT2D eigenvalue weighted by Gasteiger charge is -2.53. The highest BCUT2D eigenvalue weighted by molar-refractivity contribution is 6.82. The normalized spacial score (nSPS) is 16.4. The predicted octanol–water partition coefficient (Wildman–Crippen LogP) is 9.03. The summed E-state index contributed by atoms with van der Waals surface area (Å²) in [6.45, 7) is 0. The Hall–Kier alpha value is 4.35. The molecule has 0 aromatic heterocycles. The molecule has 0 amide bonds. The van der Waals surface area contributed by atoms with Gasteiger partial charge in [0.15, 0.2) is 17.9 Å². The molecule has 0 radical (unpaired) electrons. The van der Waals surface area contributed by atoms with Crippen LogP contribution in [-0.2, 0) is 0 Å². The van der Waals surface area contributed by atoms with Crippen molar-refractivity contribution in [3.05, 3.63) is 0 Å². The molecule has 0 spiro atoms. The Kier molecular flexibility index (Phi) is 9.58. The average Bonchev–Trinajstić information content (AvgIpc) is 2.23. The summed E-state index contributed by atoms with van der Waals surface area (Å²) in [7, 11) is 0. The van der Waals surface area contributed by atoms with Crippen LogP contribution in [0.25, 0.3) is 0 Å². The second-order valence-electron chi connectivity index (χ2n) is 3.73. The van der Waals surface area contributed by atoms with Gasteiger partial charge < -0.3 is 0 Å². The van der Waals surface area contributed by atoms with Crippen LogP contribution in [-0.4, -0.2) is 30.3 Å². The number of rotatable bonds is 4. The molecule has 0 atom stereocenters. The van der Waals surface area contributed by atoms with E-state index in [0.29, 0.717) is 0 Å². The molecule has 0 heterocycles. The van der Waals surface area contributed by atoms with Crippen molar-refractivity contribution in [2.24, 2.45) is 0 Å². The minimum absolute atomic E-state index is 1.62. The lowest BCUT2D eigenvalue weighted by molar-refractivity contribution is 0.452. The molecule has 0 unspecified atom stereocenters. The van der Waals surface area contributed by atoms with Crippen molar-refractivity contribution in [1.29, 1.82) is 0 Å². The highest BCUT2D eigenvalue weighted by atomic mass is 35.6. The minimum Gasteiger partial charge on any atom is -0.106 e. The average molecular weight is 617 g/mol. The van der Waals surface area contributed by atoms with E-state index in [4.69, 9.17) is 174 Å². The van der Waals surface area contributed by atoms with Crippen LogP contribution >= 0.6 is 174 Å². The molecule has 0 aliphatic rings. The first kappa shape index (κ1) is 26.4. The summed E-state index contributed by atoms with van der Waals surface area (Å²) in [4.78, 5) is -4.37. The lowest BCUT2D eigenvalue weighted by atomic mass is 10.0. The molecule has 0 aromatic carbocycles. The van der Waals surface area contributed by atoms with Gasteiger partial charge in [-0.3, -0.25) is 0 Å². The van der Waals surface area contributed by atoms with E-state index in [9.17, 15) is 0 Å². The highest BCUT2D eigenvalue weighted by Gasteiger charge is 2.79. The zero-order chi connectivity index (χ0) is 18.6. The van der Waals surface area contributed by atoms with Gasteiger partial charge in [-0.25, -0.2) is 0 Å². The summed E-state index contributed by atoms with van der Waals surface area (Å²) in [6.07, 6.45) is 0. The van der Waals surface area contributed by atoms with Gasteiger partial charge in [0.2, 0.25) is 7.59 Å². The molecule has 22 heavy (non-hydrogen) atoms. The molecule has 0 nitrogen and oxygen atoms in total. The van der Waals surface area contributed by atoms with Crippen molar-refractivity contribution in [2.45, 2.75) is 30.3 Å². The first-order chi connectivity index (χ1) is 9.19. The molecule has 0 bridgehead atoms. The van der Waals surface area contributed by atoms with E-state index in [1.165, 1.54) is 0 Å². The van der Waals surface area contributed by atoms with Gasteiger partial charge in [-0.05, 0) is 0 Å². The van der Waals surface area contributed by atoms with E-state index in [0.717, 1.165) is 0 Å². The largest absolute Gasteiger partial charge is 0.216 e. The van der Waals surface area contributed by atoms with Crippen LogP contribution in [0.15, 0.2) is 0 Å². The Bertz CT molecular complexity index is 383. The maximum absolute atomic E-state index is 6.15. The van der Waals surface area contributed by atoms with E-state index in [-0.39, 0.29) is 0 Å². The summed E-state index contributed by atoms with van der Waals surface area (Å²) in [5.74, 6) is 0. The van der Waals surface area contributed by atoms with Gasteiger partial charge in [0.25, 0.3) is 0 Å². The molecule has 0 aromatic rings. The van der Waals surface area contributed by atoms with Crippen LogP contribution < -0.4 is 0 Å². The molecule has 0 saturated carbocycles. The lowest BCUT2D eigenvalue weighted by Crippen LogP contribution is -2.70. The van der Waals surface area contributed by atoms with E-state index in [1.807, 2.05) is 0 Å². The SMILES string of the molecule is ClC(Cl)C(Cl)(Cl)C(Cl)(Cl)C(Cl)(Cl)C(Cl)(C(Cl)(Cl)Cl)C(Cl)(Cl)Cl. The number of hydrogen-bond donors (Lipinski definition) is 0. The van der Waals surface area contributed by atoms with Crippen LogP contribution in [0.3, 0.4) is 0 Å². The second-order valence-corrected chi connectivity index (χ2v) is 14.0. The summed E-state index contributed by atoms with van der Waals surface area (Å²) in [5, 5.41) is 0. The number of hydrogen-bond acceptors (Lipinski definition) is 0. The molecule has 15 heteroatoms. The molecule has 0 N–H and O–H groups in total. The Labute approximate surface area is 201 Å². The Morgan fingerprint density at radius 3 is 0.909 bits per heavy atom. The molecule has 0 aliphatic carbocycles. The van der Waals surface area contributed by atoms with Crippen LogP contribution in [0.4, 0.5) is 0 Å². The van der Waals surface area contributed by atoms with Crippen molar-refractivity contribution in [2.75, 3.05) is 0 Å². The Morgan fingerprint density at radius 1 is 0.455 bits per heavy atom. The Morgan fingerprint density at radius 2 is 0.727 bits per heavy atom. The molecule has 0 fully saturated rings. The van der Waals surface area contributed by atoms with E-state index < -0.39 is 30.3 Å². The van der Waals surface area contributed by atoms with Crippen molar-refractivity contribution >= 4 is 174 Å². The zero-order valence-corrected chi connectivity index (χ0v) is 20.6. The molecular formula is C7HCl15. The topological polar surface area (TPSA) is 0 Å². The quantitative estimate of drug-likeness (QED) is 0.277. The fraction of sp³-hybridized carbons (Fsp3) is 1.00. The third-order valence-corrected chi connectivity index (χ3v) is 10.8. The molecule has 134 valence electrons. The van der Waals surface area contributed by atoms with Crippen molar-refractivity contribution < 1.29 is 0 Å². The number of alkyl halides is 15. The number of halogens is 15. The zero-order valence-electron chi connectivity index (χ0n) is 9.25. The van der Waals surface area contributed by atoms with Crippen LogP contribution in [0.1, 0.15) is 0 Å².